The maximum atomic E-state index is 12.4. The number of rotatable bonds is 6. The van der Waals surface area contributed by atoms with Crippen molar-refractivity contribution in [3.63, 3.8) is 0 Å². The zero-order chi connectivity index (χ0) is 19.6. The number of carbonyl (C=O) groups is 1. The van der Waals surface area contributed by atoms with E-state index in [1.807, 2.05) is 51.6 Å². The summed E-state index contributed by atoms with van der Waals surface area (Å²) < 4.78 is 13.2. The van der Waals surface area contributed by atoms with E-state index in [1.165, 1.54) is 0 Å². The van der Waals surface area contributed by atoms with Gasteiger partial charge in [0, 0.05) is 24.8 Å². The molecule has 2 aromatic heterocycles. The molecule has 1 aromatic carbocycles. The van der Waals surface area contributed by atoms with E-state index in [-0.39, 0.29) is 18.3 Å². The van der Waals surface area contributed by atoms with Gasteiger partial charge in [-0.1, -0.05) is 6.07 Å². The third-order valence-electron chi connectivity index (χ3n) is 4.55. The summed E-state index contributed by atoms with van der Waals surface area (Å²) in [5.41, 5.74) is 5.26. The second-order valence-corrected chi connectivity index (χ2v) is 6.83. The Morgan fingerprint density at radius 2 is 1.85 bits per heavy atom. The van der Waals surface area contributed by atoms with Crippen molar-refractivity contribution in [3.8, 4) is 5.75 Å². The lowest BCUT2D eigenvalue weighted by atomic mass is 10.1. The Bertz CT molecular complexity index is 949. The highest BCUT2D eigenvalue weighted by Crippen LogP contribution is 2.19. The van der Waals surface area contributed by atoms with Gasteiger partial charge in [-0.25, -0.2) is 0 Å². The molecule has 142 valence electrons. The molecule has 6 heteroatoms. The highest BCUT2D eigenvalue weighted by Gasteiger charge is 2.14. The number of ether oxygens (including phenoxy) is 1. The fraction of sp³-hybridized carbons (Fsp3) is 0.333. The van der Waals surface area contributed by atoms with Crippen LogP contribution in [0.3, 0.4) is 0 Å². The van der Waals surface area contributed by atoms with Gasteiger partial charge in [0.25, 0.3) is 5.91 Å². The molecule has 0 bridgehead atoms. The van der Waals surface area contributed by atoms with Crippen LogP contribution in [0, 0.1) is 27.7 Å². The lowest BCUT2D eigenvalue weighted by Crippen LogP contribution is -2.23. The molecule has 6 nitrogen and oxygen atoms in total. The molecule has 3 aromatic rings. The summed E-state index contributed by atoms with van der Waals surface area (Å²) in [4.78, 5) is 12.4. The first-order valence-electron chi connectivity index (χ1n) is 8.90. The Kier molecular flexibility index (Phi) is 5.35. The van der Waals surface area contributed by atoms with E-state index in [1.54, 1.807) is 12.1 Å². The van der Waals surface area contributed by atoms with Crippen molar-refractivity contribution in [2.45, 2.75) is 40.8 Å². The van der Waals surface area contributed by atoms with E-state index in [4.69, 9.17) is 9.15 Å². The van der Waals surface area contributed by atoms with Crippen molar-refractivity contribution in [1.82, 2.24) is 15.1 Å². The first-order chi connectivity index (χ1) is 12.8. The summed E-state index contributed by atoms with van der Waals surface area (Å²) in [6.45, 7) is 8.67. The highest BCUT2D eigenvalue weighted by molar-refractivity contribution is 5.91. The fourth-order valence-electron chi connectivity index (χ4n) is 3.08. The van der Waals surface area contributed by atoms with Crippen molar-refractivity contribution in [3.05, 3.63) is 69.9 Å². The minimum absolute atomic E-state index is 0.254. The van der Waals surface area contributed by atoms with Gasteiger partial charge in [-0.05, 0) is 63.1 Å². The zero-order valence-corrected chi connectivity index (χ0v) is 16.4. The van der Waals surface area contributed by atoms with Gasteiger partial charge in [-0.2, -0.15) is 5.10 Å². The Labute approximate surface area is 159 Å². The molecule has 1 amide bonds. The molecular weight excluding hydrogens is 342 g/mol. The summed E-state index contributed by atoms with van der Waals surface area (Å²) >= 11 is 0. The number of benzene rings is 1. The van der Waals surface area contributed by atoms with E-state index >= 15 is 0 Å². The Morgan fingerprint density at radius 1 is 1.15 bits per heavy atom. The third kappa shape index (κ3) is 4.39. The van der Waals surface area contributed by atoms with Crippen LogP contribution in [-0.4, -0.2) is 15.7 Å². The number of nitrogens with zero attached hydrogens (tertiary/aromatic N) is 2. The number of nitrogens with one attached hydrogen (secondary N) is 1. The molecule has 0 saturated carbocycles. The van der Waals surface area contributed by atoms with Gasteiger partial charge in [0.05, 0.1) is 5.69 Å². The lowest BCUT2D eigenvalue weighted by molar-refractivity contribution is 0.0919. The number of furan rings is 1. The van der Waals surface area contributed by atoms with Crippen LogP contribution in [0.15, 0.2) is 34.7 Å². The van der Waals surface area contributed by atoms with Crippen LogP contribution in [0.4, 0.5) is 0 Å². The van der Waals surface area contributed by atoms with E-state index in [0.29, 0.717) is 12.3 Å². The summed E-state index contributed by atoms with van der Waals surface area (Å²) in [7, 11) is 1.89. The van der Waals surface area contributed by atoms with E-state index in [0.717, 1.165) is 33.8 Å². The van der Waals surface area contributed by atoms with Crippen LogP contribution in [-0.2, 0) is 20.2 Å². The summed E-state index contributed by atoms with van der Waals surface area (Å²) in [6, 6.07) is 9.47. The minimum atomic E-state index is -0.254. The van der Waals surface area contributed by atoms with E-state index < -0.39 is 0 Å². The topological polar surface area (TPSA) is 69.3 Å². The van der Waals surface area contributed by atoms with Crippen LogP contribution >= 0.6 is 0 Å². The van der Waals surface area contributed by atoms with Crippen LogP contribution < -0.4 is 10.1 Å². The third-order valence-corrected chi connectivity index (χ3v) is 4.55. The molecule has 0 unspecified atom stereocenters. The van der Waals surface area contributed by atoms with Gasteiger partial charge < -0.3 is 14.5 Å². The van der Waals surface area contributed by atoms with Crippen molar-refractivity contribution in [2.24, 2.45) is 7.05 Å². The molecule has 1 N–H and O–H groups in total. The smallest absolute Gasteiger partial charge is 0.287 e. The summed E-state index contributed by atoms with van der Waals surface area (Å²) in [6.07, 6.45) is 0. The van der Waals surface area contributed by atoms with Crippen LogP contribution in [0.1, 0.15) is 44.4 Å². The quantitative estimate of drug-likeness (QED) is 0.720. The zero-order valence-electron chi connectivity index (χ0n) is 16.4. The monoisotopic (exact) mass is 367 g/mol. The Hall–Kier alpha value is -3.02. The van der Waals surface area contributed by atoms with Gasteiger partial charge in [0.1, 0.15) is 18.1 Å². The van der Waals surface area contributed by atoms with Gasteiger partial charge in [-0.15, -0.1) is 0 Å². The lowest BCUT2D eigenvalue weighted by Gasteiger charge is -2.07. The van der Waals surface area contributed by atoms with Gasteiger partial charge in [-0.3, -0.25) is 9.48 Å². The maximum absolute atomic E-state index is 12.4. The number of hydrogen-bond acceptors (Lipinski definition) is 4. The molecule has 0 fully saturated rings. The number of aryl methyl sites for hydroxylation is 4. The minimum Gasteiger partial charge on any atom is -0.486 e. The van der Waals surface area contributed by atoms with Crippen molar-refractivity contribution in [1.29, 1.82) is 0 Å². The number of aromatic nitrogens is 2. The average Bonchev–Trinajstić information content (AvgIpc) is 3.16. The molecule has 0 atom stereocenters. The van der Waals surface area contributed by atoms with Crippen molar-refractivity contribution < 1.29 is 13.9 Å². The van der Waals surface area contributed by atoms with E-state index in [2.05, 4.69) is 16.5 Å². The molecule has 0 aliphatic carbocycles. The van der Waals surface area contributed by atoms with Crippen LogP contribution in [0.5, 0.6) is 5.75 Å². The Morgan fingerprint density at radius 3 is 2.48 bits per heavy atom. The van der Waals surface area contributed by atoms with Crippen LogP contribution in [0.25, 0.3) is 0 Å². The first-order valence-corrected chi connectivity index (χ1v) is 8.90. The van der Waals surface area contributed by atoms with E-state index in [9.17, 15) is 4.79 Å². The second-order valence-electron chi connectivity index (χ2n) is 6.83. The highest BCUT2D eigenvalue weighted by atomic mass is 16.5. The number of carbonyl (C=O) groups excluding carboxylic acids is 1. The van der Waals surface area contributed by atoms with Crippen molar-refractivity contribution in [2.75, 3.05) is 0 Å². The summed E-state index contributed by atoms with van der Waals surface area (Å²) in [5.74, 6) is 1.41. The molecular formula is C21H25N3O3. The molecule has 0 saturated heterocycles. The first kappa shape index (κ1) is 18.8. The fourth-order valence-corrected chi connectivity index (χ4v) is 3.08. The number of hydrogen-bond donors (Lipinski definition) is 1. The second kappa shape index (κ2) is 7.70. The largest absolute Gasteiger partial charge is 0.486 e. The predicted octanol–water partition coefficient (Wildman–Crippen LogP) is 3.76. The molecule has 2 heterocycles. The van der Waals surface area contributed by atoms with Crippen LogP contribution in [0.2, 0.25) is 0 Å². The molecule has 0 radical (unpaired) electrons. The standard InChI is InChI=1S/C21H25N3O3/c1-13-8-14(2)10-18(9-13)26-12-17-6-7-20(27-17)21(25)22-11-19-15(3)23-24(5)16(19)4/h6-10H,11-12H2,1-5H3,(H,22,25). The normalized spacial score (nSPS) is 10.9. The van der Waals surface area contributed by atoms with Gasteiger partial charge in [0.15, 0.2) is 5.76 Å². The molecule has 3 rings (SSSR count). The predicted molar refractivity (Wildman–Crippen MR) is 103 cm³/mol. The number of amides is 1. The van der Waals surface area contributed by atoms with Gasteiger partial charge >= 0.3 is 0 Å². The molecule has 0 aliphatic rings. The molecule has 0 spiro atoms. The molecule has 0 aliphatic heterocycles. The molecule has 27 heavy (non-hydrogen) atoms. The van der Waals surface area contributed by atoms with Crippen molar-refractivity contribution >= 4 is 5.91 Å². The SMILES string of the molecule is Cc1cc(C)cc(OCc2ccc(C(=O)NCc3c(C)nn(C)c3C)o2)c1. The maximum Gasteiger partial charge on any atom is 0.287 e. The average molecular weight is 367 g/mol. The summed E-state index contributed by atoms with van der Waals surface area (Å²) in [5, 5.41) is 7.24. The van der Waals surface area contributed by atoms with Gasteiger partial charge in [0.2, 0.25) is 0 Å². The Balaban J connectivity index is 1.58.